The molecule has 0 radical (unpaired) electrons. The van der Waals surface area contributed by atoms with E-state index in [0.29, 0.717) is 0 Å². The van der Waals surface area contributed by atoms with Gasteiger partial charge in [-0.05, 0) is 57.7 Å². The minimum absolute atomic E-state index is 0.138. The lowest BCUT2D eigenvalue weighted by Gasteiger charge is -2.30. The largest absolute Gasteiger partial charge is 0.317 e. The van der Waals surface area contributed by atoms with Crippen LogP contribution in [0.1, 0.15) is 37.3 Å². The maximum Gasteiger partial charge on any atom is 0.136 e. The molecule has 1 aliphatic heterocycles. The number of hydrogen-bond acceptors (Lipinski definition) is 1. The zero-order valence-corrected chi connectivity index (χ0v) is 10.8. The number of aryl methyl sites for hydroxylation is 1. The van der Waals surface area contributed by atoms with E-state index in [9.17, 15) is 0 Å². The van der Waals surface area contributed by atoms with Gasteiger partial charge in [-0.3, -0.25) is 0 Å². The monoisotopic (exact) mass is 235 g/mol. The molecule has 1 aliphatic rings. The van der Waals surface area contributed by atoms with E-state index >= 15 is 4.39 Å². The first-order valence-corrected chi connectivity index (χ1v) is 6.57. The normalized spacial score (nSPS) is 25.0. The SMILES string of the molecule is Cc1cccc(C(C)(F)C2CCCNCC2)c1. The van der Waals surface area contributed by atoms with Crippen LogP contribution in [0.5, 0.6) is 0 Å². The summed E-state index contributed by atoms with van der Waals surface area (Å²) >= 11 is 0. The van der Waals surface area contributed by atoms with E-state index in [-0.39, 0.29) is 5.92 Å². The number of hydrogen-bond donors (Lipinski definition) is 1. The molecular formula is C15H22FN. The van der Waals surface area contributed by atoms with E-state index < -0.39 is 5.67 Å². The third-order valence-electron chi connectivity index (χ3n) is 3.92. The fourth-order valence-electron chi connectivity index (χ4n) is 2.75. The zero-order valence-electron chi connectivity index (χ0n) is 10.8. The van der Waals surface area contributed by atoms with Crippen LogP contribution in [-0.4, -0.2) is 13.1 Å². The molecule has 0 aromatic heterocycles. The Kier molecular flexibility index (Phi) is 3.82. The van der Waals surface area contributed by atoms with Crippen molar-refractivity contribution in [3.05, 3.63) is 35.4 Å². The molecule has 2 atom stereocenters. The second kappa shape index (κ2) is 5.18. The summed E-state index contributed by atoms with van der Waals surface area (Å²) in [6.07, 6.45) is 2.99. The highest BCUT2D eigenvalue weighted by Gasteiger charge is 2.35. The lowest BCUT2D eigenvalue weighted by Crippen LogP contribution is -2.28. The number of nitrogens with one attached hydrogen (secondary N) is 1. The Morgan fingerprint density at radius 1 is 1.29 bits per heavy atom. The molecule has 1 aromatic carbocycles. The van der Waals surface area contributed by atoms with Crippen molar-refractivity contribution in [2.75, 3.05) is 13.1 Å². The molecule has 17 heavy (non-hydrogen) atoms. The third-order valence-corrected chi connectivity index (χ3v) is 3.92. The minimum Gasteiger partial charge on any atom is -0.317 e. The summed E-state index contributed by atoms with van der Waals surface area (Å²) in [6, 6.07) is 7.88. The average Bonchev–Trinajstić information content (AvgIpc) is 2.58. The highest BCUT2D eigenvalue weighted by atomic mass is 19.1. The van der Waals surface area contributed by atoms with Gasteiger partial charge in [0.15, 0.2) is 0 Å². The Morgan fingerprint density at radius 3 is 2.88 bits per heavy atom. The van der Waals surface area contributed by atoms with E-state index in [1.807, 2.05) is 31.2 Å². The minimum atomic E-state index is -1.20. The van der Waals surface area contributed by atoms with Crippen molar-refractivity contribution in [3.8, 4) is 0 Å². The van der Waals surface area contributed by atoms with Crippen LogP contribution in [0.4, 0.5) is 4.39 Å². The standard InChI is InChI=1S/C15H22FN/c1-12-5-3-6-14(11-12)15(2,16)13-7-4-9-17-10-8-13/h3,5-6,11,13,17H,4,7-10H2,1-2H3. The van der Waals surface area contributed by atoms with E-state index in [1.54, 1.807) is 6.92 Å². The van der Waals surface area contributed by atoms with Gasteiger partial charge in [0, 0.05) is 0 Å². The van der Waals surface area contributed by atoms with Crippen LogP contribution >= 0.6 is 0 Å². The van der Waals surface area contributed by atoms with Crippen LogP contribution in [0.25, 0.3) is 0 Å². The summed E-state index contributed by atoms with van der Waals surface area (Å²) in [7, 11) is 0. The molecule has 0 bridgehead atoms. The molecule has 94 valence electrons. The predicted molar refractivity (Wildman–Crippen MR) is 69.8 cm³/mol. The van der Waals surface area contributed by atoms with Crippen LogP contribution in [-0.2, 0) is 5.67 Å². The molecule has 1 saturated heterocycles. The maximum absolute atomic E-state index is 15.0. The van der Waals surface area contributed by atoms with E-state index in [0.717, 1.165) is 43.5 Å². The highest BCUT2D eigenvalue weighted by molar-refractivity contribution is 5.27. The summed E-state index contributed by atoms with van der Waals surface area (Å²) in [5.74, 6) is 0.138. The Balaban J connectivity index is 2.21. The van der Waals surface area contributed by atoms with Crippen molar-refractivity contribution in [2.24, 2.45) is 5.92 Å². The molecule has 1 N–H and O–H groups in total. The summed E-state index contributed by atoms with van der Waals surface area (Å²) in [6.45, 7) is 5.74. The maximum atomic E-state index is 15.0. The quantitative estimate of drug-likeness (QED) is 0.826. The second-order valence-electron chi connectivity index (χ2n) is 5.32. The van der Waals surface area contributed by atoms with Crippen LogP contribution in [0.3, 0.4) is 0 Å². The van der Waals surface area contributed by atoms with Crippen LogP contribution in [0.15, 0.2) is 24.3 Å². The van der Waals surface area contributed by atoms with Gasteiger partial charge < -0.3 is 5.32 Å². The van der Waals surface area contributed by atoms with Gasteiger partial charge in [0.2, 0.25) is 0 Å². The predicted octanol–water partition coefficient (Wildman–Crippen LogP) is 3.57. The molecule has 1 nitrogen and oxygen atoms in total. The summed E-state index contributed by atoms with van der Waals surface area (Å²) in [4.78, 5) is 0. The average molecular weight is 235 g/mol. The molecular weight excluding hydrogens is 213 g/mol. The Bertz CT molecular complexity index is 365. The van der Waals surface area contributed by atoms with Crippen molar-refractivity contribution in [3.63, 3.8) is 0 Å². The fourth-order valence-corrected chi connectivity index (χ4v) is 2.75. The van der Waals surface area contributed by atoms with Crippen molar-refractivity contribution in [1.82, 2.24) is 5.32 Å². The summed E-state index contributed by atoms with van der Waals surface area (Å²) in [5.41, 5.74) is 0.778. The molecule has 2 heteroatoms. The van der Waals surface area contributed by atoms with Gasteiger partial charge in [0.05, 0.1) is 0 Å². The smallest absolute Gasteiger partial charge is 0.136 e. The molecule has 1 fully saturated rings. The van der Waals surface area contributed by atoms with Gasteiger partial charge in [0.1, 0.15) is 5.67 Å². The van der Waals surface area contributed by atoms with Gasteiger partial charge >= 0.3 is 0 Å². The van der Waals surface area contributed by atoms with Crippen LogP contribution < -0.4 is 5.32 Å². The summed E-state index contributed by atoms with van der Waals surface area (Å²) in [5, 5.41) is 3.35. The van der Waals surface area contributed by atoms with Crippen molar-refractivity contribution < 1.29 is 4.39 Å². The molecule has 0 spiro atoms. The van der Waals surface area contributed by atoms with Gasteiger partial charge in [-0.15, -0.1) is 0 Å². The van der Waals surface area contributed by atoms with Crippen molar-refractivity contribution in [1.29, 1.82) is 0 Å². The van der Waals surface area contributed by atoms with Crippen LogP contribution in [0, 0.1) is 12.8 Å². The lowest BCUT2D eigenvalue weighted by atomic mass is 9.80. The molecule has 0 aliphatic carbocycles. The second-order valence-corrected chi connectivity index (χ2v) is 5.32. The number of alkyl halides is 1. The first-order valence-electron chi connectivity index (χ1n) is 6.57. The highest BCUT2D eigenvalue weighted by Crippen LogP contribution is 2.39. The Hall–Kier alpha value is -0.890. The van der Waals surface area contributed by atoms with E-state index in [2.05, 4.69) is 5.32 Å². The van der Waals surface area contributed by atoms with Crippen molar-refractivity contribution >= 4 is 0 Å². The first kappa shape index (κ1) is 12.6. The van der Waals surface area contributed by atoms with Gasteiger partial charge in [-0.2, -0.15) is 0 Å². The van der Waals surface area contributed by atoms with Crippen LogP contribution in [0.2, 0.25) is 0 Å². The van der Waals surface area contributed by atoms with Gasteiger partial charge in [0.25, 0.3) is 0 Å². The molecule has 0 amide bonds. The molecule has 0 saturated carbocycles. The molecule has 1 aromatic rings. The van der Waals surface area contributed by atoms with Crippen molar-refractivity contribution in [2.45, 2.75) is 38.8 Å². The number of rotatable bonds is 2. The Morgan fingerprint density at radius 2 is 2.12 bits per heavy atom. The molecule has 2 rings (SSSR count). The third kappa shape index (κ3) is 2.86. The van der Waals surface area contributed by atoms with E-state index in [4.69, 9.17) is 0 Å². The number of halogens is 1. The first-order chi connectivity index (χ1) is 8.10. The molecule has 1 heterocycles. The summed E-state index contributed by atoms with van der Waals surface area (Å²) < 4.78 is 15.0. The fraction of sp³-hybridized carbons (Fsp3) is 0.600. The zero-order chi connectivity index (χ0) is 12.3. The Labute approximate surface area is 103 Å². The number of benzene rings is 1. The van der Waals surface area contributed by atoms with E-state index in [1.165, 1.54) is 0 Å². The van der Waals surface area contributed by atoms with Gasteiger partial charge in [-0.1, -0.05) is 29.8 Å². The molecule has 2 unspecified atom stereocenters. The lowest BCUT2D eigenvalue weighted by molar-refractivity contribution is 0.0909. The topological polar surface area (TPSA) is 12.0 Å². The van der Waals surface area contributed by atoms with Gasteiger partial charge in [-0.25, -0.2) is 4.39 Å².